The molecule has 0 saturated carbocycles. The van der Waals surface area contributed by atoms with Crippen molar-refractivity contribution in [3.05, 3.63) is 0 Å². The molecule has 2 atom stereocenters. The van der Waals surface area contributed by atoms with E-state index in [1.54, 1.807) is 0 Å². The first-order chi connectivity index (χ1) is 3.83. The van der Waals surface area contributed by atoms with Gasteiger partial charge in [0.25, 0.3) is 0 Å². The molecule has 0 aromatic rings. The second-order valence-electron chi connectivity index (χ2n) is 2.45. The van der Waals surface area contributed by atoms with E-state index in [9.17, 15) is 0 Å². The summed E-state index contributed by atoms with van der Waals surface area (Å²) in [5.41, 5.74) is 0. The molecule has 1 heterocycles. The Hall–Kier alpha value is 0.690. The van der Waals surface area contributed by atoms with Crippen molar-refractivity contribution >= 4 is 22.6 Å². The smallest absolute Gasteiger partial charge is 0.0668 e. The van der Waals surface area contributed by atoms with E-state index in [1.165, 1.54) is 6.42 Å². The fourth-order valence-electron chi connectivity index (χ4n) is 0.993. The van der Waals surface area contributed by atoms with E-state index in [0.717, 1.165) is 17.0 Å². The zero-order valence-electron chi connectivity index (χ0n) is 5.06. The van der Waals surface area contributed by atoms with Crippen LogP contribution >= 0.6 is 22.6 Å². The van der Waals surface area contributed by atoms with Crippen LogP contribution in [0, 0.1) is 5.92 Å². The van der Waals surface area contributed by atoms with Crippen LogP contribution < -0.4 is 0 Å². The quantitative estimate of drug-likeness (QED) is 0.489. The molecule has 2 heteroatoms. The Balaban J connectivity index is 2.22. The maximum Gasteiger partial charge on any atom is 0.0668 e. The van der Waals surface area contributed by atoms with E-state index in [2.05, 4.69) is 29.5 Å². The average molecular weight is 226 g/mol. The first kappa shape index (κ1) is 6.81. The lowest BCUT2D eigenvalue weighted by Crippen LogP contribution is -2.04. The highest BCUT2D eigenvalue weighted by Gasteiger charge is 2.19. The molecule has 1 aliphatic heterocycles. The van der Waals surface area contributed by atoms with Gasteiger partial charge < -0.3 is 4.74 Å². The average Bonchev–Trinajstić information content (AvgIpc) is 2.14. The van der Waals surface area contributed by atoms with Crippen LogP contribution in [0.1, 0.15) is 13.3 Å². The molecular weight excluding hydrogens is 215 g/mol. The summed E-state index contributed by atoms with van der Waals surface area (Å²) in [7, 11) is 0. The summed E-state index contributed by atoms with van der Waals surface area (Å²) >= 11 is 2.37. The summed E-state index contributed by atoms with van der Waals surface area (Å²) < 4.78 is 6.56. The number of hydrogen-bond acceptors (Lipinski definition) is 1. The second kappa shape index (κ2) is 3.01. The van der Waals surface area contributed by atoms with Gasteiger partial charge in [0.1, 0.15) is 0 Å². The molecule has 1 fully saturated rings. The fourth-order valence-corrected chi connectivity index (χ4v) is 1.61. The van der Waals surface area contributed by atoms with Crippen molar-refractivity contribution < 1.29 is 4.74 Å². The predicted molar refractivity (Wildman–Crippen MR) is 42.4 cm³/mol. The number of ether oxygens (including phenoxy) is 1. The van der Waals surface area contributed by atoms with E-state index >= 15 is 0 Å². The molecule has 1 aliphatic rings. The van der Waals surface area contributed by atoms with Crippen LogP contribution in [0.3, 0.4) is 0 Å². The van der Waals surface area contributed by atoms with E-state index in [-0.39, 0.29) is 0 Å². The van der Waals surface area contributed by atoms with E-state index in [1.807, 2.05) is 0 Å². The topological polar surface area (TPSA) is 9.23 Å². The third-order valence-electron chi connectivity index (χ3n) is 1.45. The van der Waals surface area contributed by atoms with E-state index in [4.69, 9.17) is 4.74 Å². The molecule has 1 saturated heterocycles. The zero-order chi connectivity index (χ0) is 5.98. The molecule has 0 amide bonds. The largest absolute Gasteiger partial charge is 0.377 e. The molecule has 1 rings (SSSR count). The summed E-state index contributed by atoms with van der Waals surface area (Å²) in [5, 5.41) is 0. The van der Waals surface area contributed by atoms with E-state index in [0.29, 0.717) is 6.10 Å². The molecule has 0 bridgehead atoms. The molecule has 0 aromatic heterocycles. The van der Waals surface area contributed by atoms with Gasteiger partial charge in [-0.25, -0.2) is 0 Å². The van der Waals surface area contributed by atoms with Crippen LogP contribution in [-0.2, 0) is 4.74 Å². The Morgan fingerprint density at radius 3 is 2.75 bits per heavy atom. The van der Waals surface area contributed by atoms with Crippen molar-refractivity contribution in [2.24, 2.45) is 5.92 Å². The van der Waals surface area contributed by atoms with Crippen LogP contribution in [0.5, 0.6) is 0 Å². The standard InChI is InChI=1S/C6H11IO/c1-5-2-6(3-7)8-4-5/h5-6H,2-4H2,1H3/t5-,6+/m0/s1. The van der Waals surface area contributed by atoms with Crippen molar-refractivity contribution in [2.45, 2.75) is 19.4 Å². The lowest BCUT2D eigenvalue weighted by molar-refractivity contribution is 0.126. The summed E-state index contributed by atoms with van der Waals surface area (Å²) in [4.78, 5) is 0. The van der Waals surface area contributed by atoms with Crippen LogP contribution in [0.4, 0.5) is 0 Å². The number of rotatable bonds is 1. The summed E-state index contributed by atoms with van der Waals surface area (Å²) in [6.07, 6.45) is 1.83. The molecular formula is C6H11IO. The molecule has 0 N–H and O–H groups in total. The molecule has 0 unspecified atom stereocenters. The lowest BCUT2D eigenvalue weighted by atomic mass is 10.1. The van der Waals surface area contributed by atoms with Crippen molar-refractivity contribution in [2.75, 3.05) is 11.0 Å². The number of alkyl halides is 1. The maximum absolute atomic E-state index is 5.41. The van der Waals surface area contributed by atoms with Gasteiger partial charge in [-0.1, -0.05) is 29.5 Å². The van der Waals surface area contributed by atoms with Gasteiger partial charge in [0.2, 0.25) is 0 Å². The van der Waals surface area contributed by atoms with Gasteiger partial charge >= 0.3 is 0 Å². The molecule has 8 heavy (non-hydrogen) atoms. The first-order valence-corrected chi connectivity index (χ1v) is 4.53. The molecule has 0 radical (unpaired) electrons. The summed E-state index contributed by atoms with van der Waals surface area (Å²) in [6.45, 7) is 3.22. The van der Waals surface area contributed by atoms with Crippen LogP contribution in [0.2, 0.25) is 0 Å². The van der Waals surface area contributed by atoms with Crippen LogP contribution in [-0.4, -0.2) is 17.1 Å². The lowest BCUT2D eigenvalue weighted by Gasteiger charge is -2.00. The third-order valence-corrected chi connectivity index (χ3v) is 2.44. The number of halogens is 1. The van der Waals surface area contributed by atoms with Crippen molar-refractivity contribution in [1.82, 2.24) is 0 Å². The summed E-state index contributed by atoms with van der Waals surface area (Å²) in [6, 6.07) is 0. The third kappa shape index (κ3) is 1.58. The Morgan fingerprint density at radius 2 is 2.50 bits per heavy atom. The normalized spacial score (nSPS) is 38.2. The van der Waals surface area contributed by atoms with Gasteiger partial charge in [-0.15, -0.1) is 0 Å². The second-order valence-corrected chi connectivity index (χ2v) is 3.33. The Kier molecular flexibility index (Phi) is 2.56. The highest BCUT2D eigenvalue weighted by atomic mass is 127. The maximum atomic E-state index is 5.41. The van der Waals surface area contributed by atoms with Gasteiger partial charge in [-0.2, -0.15) is 0 Å². The molecule has 0 aliphatic carbocycles. The van der Waals surface area contributed by atoms with Crippen molar-refractivity contribution in [1.29, 1.82) is 0 Å². The predicted octanol–water partition coefficient (Wildman–Crippen LogP) is 1.85. The minimum atomic E-state index is 0.561. The zero-order valence-corrected chi connectivity index (χ0v) is 7.22. The van der Waals surface area contributed by atoms with Gasteiger partial charge in [0, 0.05) is 11.0 Å². The fraction of sp³-hybridized carbons (Fsp3) is 1.00. The van der Waals surface area contributed by atoms with Crippen LogP contribution in [0.15, 0.2) is 0 Å². The molecule has 1 nitrogen and oxygen atoms in total. The Labute approximate surface area is 63.9 Å². The number of hydrogen-bond donors (Lipinski definition) is 0. The highest BCUT2D eigenvalue weighted by molar-refractivity contribution is 14.1. The van der Waals surface area contributed by atoms with Gasteiger partial charge in [-0.05, 0) is 12.3 Å². The van der Waals surface area contributed by atoms with Gasteiger partial charge in [0.15, 0.2) is 0 Å². The van der Waals surface area contributed by atoms with Crippen LogP contribution in [0.25, 0.3) is 0 Å². The molecule has 0 aromatic carbocycles. The minimum Gasteiger partial charge on any atom is -0.377 e. The highest BCUT2D eigenvalue weighted by Crippen LogP contribution is 2.19. The molecule has 48 valence electrons. The van der Waals surface area contributed by atoms with Crippen molar-refractivity contribution in [3.8, 4) is 0 Å². The SMILES string of the molecule is C[C@@H]1CO[C@@H](CI)C1. The summed E-state index contributed by atoms with van der Waals surface area (Å²) in [5.74, 6) is 0.801. The minimum absolute atomic E-state index is 0.561. The first-order valence-electron chi connectivity index (χ1n) is 3.00. The van der Waals surface area contributed by atoms with E-state index < -0.39 is 0 Å². The monoisotopic (exact) mass is 226 g/mol. The Morgan fingerprint density at radius 1 is 1.75 bits per heavy atom. The van der Waals surface area contributed by atoms with Crippen molar-refractivity contribution in [3.63, 3.8) is 0 Å². The molecule has 0 spiro atoms. The van der Waals surface area contributed by atoms with Gasteiger partial charge in [0.05, 0.1) is 6.10 Å². The Bertz CT molecular complexity index is 74.9. The van der Waals surface area contributed by atoms with Gasteiger partial charge in [-0.3, -0.25) is 0 Å².